The molecule has 1 aliphatic heterocycles. The standard InChI is InChI=1S/C17H16FNO/c18-16-13-9-8-12(11-5-2-1-3-6-11)15(16)17(13,20)14-7-4-10-19-14/h1-3,5-6,8-9,14,19-20H,4,7,10H2. The summed E-state index contributed by atoms with van der Waals surface area (Å²) in [5.74, 6) is -0.248. The molecule has 2 atom stereocenters. The molecule has 3 aliphatic rings. The first kappa shape index (κ1) is 12.1. The molecule has 2 bridgehead atoms. The molecule has 1 fully saturated rings. The summed E-state index contributed by atoms with van der Waals surface area (Å²) in [6.07, 6.45) is 5.55. The summed E-state index contributed by atoms with van der Waals surface area (Å²) in [6, 6.07) is 9.62. The van der Waals surface area contributed by atoms with Gasteiger partial charge in [0.25, 0.3) is 0 Å². The summed E-state index contributed by atoms with van der Waals surface area (Å²) in [4.78, 5) is 0. The molecule has 4 rings (SSSR count). The Morgan fingerprint density at radius 2 is 2.00 bits per heavy atom. The van der Waals surface area contributed by atoms with Gasteiger partial charge in [-0.25, -0.2) is 4.39 Å². The lowest BCUT2D eigenvalue weighted by Crippen LogP contribution is -2.57. The van der Waals surface area contributed by atoms with Crippen LogP contribution in [-0.4, -0.2) is 23.3 Å². The van der Waals surface area contributed by atoms with Gasteiger partial charge in [-0.1, -0.05) is 42.5 Å². The molecule has 2 nitrogen and oxygen atoms in total. The SMILES string of the molecule is OC1(C2CCCN2)c2ccc(-c3ccccc3)c1c2F. The number of halogens is 1. The van der Waals surface area contributed by atoms with Gasteiger partial charge >= 0.3 is 0 Å². The lowest BCUT2D eigenvalue weighted by Gasteiger charge is -2.48. The largest absolute Gasteiger partial charge is 0.378 e. The van der Waals surface area contributed by atoms with Crippen molar-refractivity contribution in [3.63, 3.8) is 0 Å². The van der Waals surface area contributed by atoms with Crippen LogP contribution in [0.1, 0.15) is 18.4 Å². The highest BCUT2D eigenvalue weighted by molar-refractivity contribution is 5.92. The van der Waals surface area contributed by atoms with Gasteiger partial charge in [-0.15, -0.1) is 0 Å². The molecule has 20 heavy (non-hydrogen) atoms. The fourth-order valence-corrected chi connectivity index (χ4v) is 3.58. The third kappa shape index (κ3) is 1.39. The van der Waals surface area contributed by atoms with Crippen molar-refractivity contribution < 1.29 is 9.50 Å². The smallest absolute Gasteiger partial charge is 0.136 e. The average Bonchev–Trinajstić information content (AvgIpc) is 3.03. The fourth-order valence-electron chi connectivity index (χ4n) is 3.58. The van der Waals surface area contributed by atoms with Crippen molar-refractivity contribution in [1.82, 2.24) is 5.32 Å². The summed E-state index contributed by atoms with van der Waals surface area (Å²) in [5.41, 5.74) is 1.49. The molecule has 1 heterocycles. The Balaban J connectivity index is 1.79. The molecule has 2 unspecified atom stereocenters. The average molecular weight is 269 g/mol. The topological polar surface area (TPSA) is 32.3 Å². The fraction of sp³-hybridized carbons (Fsp3) is 0.294. The molecule has 1 aromatic carbocycles. The maximum absolute atomic E-state index is 14.3. The monoisotopic (exact) mass is 269 g/mol. The predicted molar refractivity (Wildman–Crippen MR) is 76.6 cm³/mol. The number of allylic oxidation sites excluding steroid dienone is 2. The number of hydrogen-bond donors (Lipinski definition) is 2. The maximum Gasteiger partial charge on any atom is 0.136 e. The minimum Gasteiger partial charge on any atom is -0.378 e. The molecule has 2 aliphatic carbocycles. The van der Waals surface area contributed by atoms with Crippen LogP contribution in [0.5, 0.6) is 0 Å². The van der Waals surface area contributed by atoms with Crippen LogP contribution in [-0.2, 0) is 0 Å². The lowest BCUT2D eigenvalue weighted by molar-refractivity contribution is 0.0623. The van der Waals surface area contributed by atoms with Crippen molar-refractivity contribution >= 4 is 5.57 Å². The molecule has 1 aromatic rings. The number of benzene rings is 1. The van der Waals surface area contributed by atoms with Gasteiger partial charge in [0.2, 0.25) is 0 Å². The van der Waals surface area contributed by atoms with Crippen molar-refractivity contribution in [2.45, 2.75) is 24.5 Å². The normalized spacial score (nSPS) is 31.8. The van der Waals surface area contributed by atoms with Crippen molar-refractivity contribution in [2.24, 2.45) is 0 Å². The van der Waals surface area contributed by atoms with E-state index in [4.69, 9.17) is 0 Å². The van der Waals surface area contributed by atoms with Gasteiger partial charge in [0.15, 0.2) is 0 Å². The second kappa shape index (κ2) is 4.14. The van der Waals surface area contributed by atoms with Crippen LogP contribution in [0.4, 0.5) is 4.39 Å². The van der Waals surface area contributed by atoms with E-state index in [9.17, 15) is 9.50 Å². The van der Waals surface area contributed by atoms with E-state index in [1.54, 1.807) is 6.08 Å². The van der Waals surface area contributed by atoms with E-state index < -0.39 is 5.60 Å². The van der Waals surface area contributed by atoms with E-state index >= 15 is 0 Å². The molecule has 0 saturated carbocycles. The van der Waals surface area contributed by atoms with Crippen LogP contribution in [0.2, 0.25) is 0 Å². The maximum atomic E-state index is 14.3. The second-order valence-electron chi connectivity index (χ2n) is 5.63. The van der Waals surface area contributed by atoms with Crippen LogP contribution < -0.4 is 5.32 Å². The third-order valence-electron chi connectivity index (χ3n) is 4.58. The van der Waals surface area contributed by atoms with Crippen molar-refractivity contribution in [3.8, 4) is 0 Å². The molecule has 0 spiro atoms. The minimum absolute atomic E-state index is 0.0735. The van der Waals surface area contributed by atoms with Crippen molar-refractivity contribution in [3.05, 3.63) is 65.0 Å². The molecule has 1 saturated heterocycles. The van der Waals surface area contributed by atoms with E-state index in [0.29, 0.717) is 11.1 Å². The first-order valence-electron chi connectivity index (χ1n) is 7.07. The molecule has 102 valence electrons. The Labute approximate surface area is 117 Å². The number of nitrogens with one attached hydrogen (secondary N) is 1. The minimum atomic E-state index is -1.15. The Morgan fingerprint density at radius 1 is 1.20 bits per heavy atom. The summed E-state index contributed by atoms with van der Waals surface area (Å²) < 4.78 is 14.3. The molecule has 0 amide bonds. The van der Waals surface area contributed by atoms with Gasteiger partial charge in [0.05, 0.1) is 0 Å². The summed E-state index contributed by atoms with van der Waals surface area (Å²) >= 11 is 0. The Morgan fingerprint density at radius 3 is 2.65 bits per heavy atom. The number of rotatable bonds is 2. The zero-order chi connectivity index (χ0) is 13.7. The van der Waals surface area contributed by atoms with Crippen LogP contribution in [0.3, 0.4) is 0 Å². The van der Waals surface area contributed by atoms with Crippen LogP contribution in [0.15, 0.2) is 59.5 Å². The highest BCUT2D eigenvalue weighted by Crippen LogP contribution is 2.56. The summed E-state index contributed by atoms with van der Waals surface area (Å²) in [5, 5.41) is 14.3. The van der Waals surface area contributed by atoms with Crippen LogP contribution in [0.25, 0.3) is 5.57 Å². The summed E-state index contributed by atoms with van der Waals surface area (Å²) in [6.45, 7) is 0.888. The first-order valence-corrected chi connectivity index (χ1v) is 7.07. The van der Waals surface area contributed by atoms with Gasteiger partial charge in [0, 0.05) is 17.2 Å². The zero-order valence-corrected chi connectivity index (χ0v) is 11.1. The highest BCUT2D eigenvalue weighted by Gasteiger charge is 2.57. The molecule has 3 heteroatoms. The van der Waals surface area contributed by atoms with Crippen LogP contribution >= 0.6 is 0 Å². The van der Waals surface area contributed by atoms with E-state index in [-0.39, 0.29) is 11.9 Å². The van der Waals surface area contributed by atoms with Gasteiger partial charge < -0.3 is 10.4 Å². The van der Waals surface area contributed by atoms with E-state index in [2.05, 4.69) is 5.32 Å². The number of hydrogen-bond acceptors (Lipinski definition) is 2. The van der Waals surface area contributed by atoms with Crippen molar-refractivity contribution in [2.75, 3.05) is 6.54 Å². The van der Waals surface area contributed by atoms with Gasteiger partial charge in [-0.2, -0.15) is 0 Å². The molecule has 0 radical (unpaired) electrons. The van der Waals surface area contributed by atoms with Gasteiger partial charge in [-0.05, 0) is 30.5 Å². The first-order chi connectivity index (χ1) is 9.73. The second-order valence-corrected chi connectivity index (χ2v) is 5.63. The molecular weight excluding hydrogens is 253 g/mol. The van der Waals surface area contributed by atoms with Gasteiger partial charge in [-0.3, -0.25) is 0 Å². The Hall–Kier alpha value is -1.71. The highest BCUT2D eigenvalue weighted by atomic mass is 19.1. The number of aliphatic hydroxyl groups is 1. The Kier molecular flexibility index (Phi) is 2.50. The predicted octanol–water partition coefficient (Wildman–Crippen LogP) is 2.73. The van der Waals surface area contributed by atoms with E-state index in [1.807, 2.05) is 36.4 Å². The Bertz CT molecular complexity index is 653. The summed E-state index contributed by atoms with van der Waals surface area (Å²) in [7, 11) is 0. The van der Waals surface area contributed by atoms with Crippen LogP contribution in [0, 0.1) is 0 Å². The van der Waals surface area contributed by atoms with Gasteiger partial charge in [0.1, 0.15) is 11.4 Å². The molecule has 0 aromatic heterocycles. The third-order valence-corrected chi connectivity index (χ3v) is 4.58. The van der Waals surface area contributed by atoms with Crippen molar-refractivity contribution in [1.29, 1.82) is 0 Å². The quantitative estimate of drug-likeness (QED) is 0.865. The zero-order valence-electron chi connectivity index (χ0n) is 11.1. The number of fused-ring (bicyclic) bond motifs is 2. The van der Waals surface area contributed by atoms with E-state index in [0.717, 1.165) is 30.5 Å². The van der Waals surface area contributed by atoms with E-state index in [1.165, 1.54) is 0 Å². The lowest BCUT2D eigenvalue weighted by atomic mass is 9.62. The molecule has 2 N–H and O–H groups in total. The molecular formula is C17H16FNO.